The van der Waals surface area contributed by atoms with E-state index in [9.17, 15) is 4.79 Å². The number of nitrogens with one attached hydrogen (secondary N) is 2. The molecular weight excluding hydrogens is 230 g/mol. The van der Waals surface area contributed by atoms with Crippen LogP contribution >= 0.6 is 0 Å². The van der Waals surface area contributed by atoms with Crippen LogP contribution in [0.5, 0.6) is 0 Å². The molecule has 5 nitrogen and oxygen atoms in total. The third-order valence-electron chi connectivity index (χ3n) is 2.63. The minimum absolute atomic E-state index is 0.0661. The van der Waals surface area contributed by atoms with Gasteiger partial charge in [0.05, 0.1) is 5.69 Å². The minimum Gasteiger partial charge on any atom is -0.445 e. The van der Waals surface area contributed by atoms with Gasteiger partial charge in [0, 0.05) is 25.4 Å². The molecule has 102 valence electrons. The summed E-state index contributed by atoms with van der Waals surface area (Å²) in [5.74, 6) is 1.69. The van der Waals surface area contributed by atoms with Crippen LogP contribution in [0.2, 0.25) is 0 Å². The van der Waals surface area contributed by atoms with Gasteiger partial charge >= 0.3 is 6.03 Å². The molecule has 0 aliphatic heterocycles. The van der Waals surface area contributed by atoms with Crippen LogP contribution in [0, 0.1) is 6.92 Å². The average molecular weight is 253 g/mol. The molecule has 0 bridgehead atoms. The summed E-state index contributed by atoms with van der Waals surface area (Å²) in [6.45, 7) is 8.82. The summed E-state index contributed by atoms with van der Waals surface area (Å²) < 4.78 is 5.77. The quantitative estimate of drug-likeness (QED) is 0.808. The maximum Gasteiger partial charge on any atom is 0.314 e. The lowest BCUT2D eigenvalue weighted by Gasteiger charge is -2.12. The fourth-order valence-electron chi connectivity index (χ4n) is 1.52. The molecule has 0 spiro atoms. The van der Waals surface area contributed by atoms with Crippen molar-refractivity contribution in [3.63, 3.8) is 0 Å². The zero-order valence-corrected chi connectivity index (χ0v) is 11.9. The number of aryl methyl sites for hydroxylation is 2. The molecular formula is C13H23N3O2. The van der Waals surface area contributed by atoms with Crippen molar-refractivity contribution in [3.05, 3.63) is 17.3 Å². The van der Waals surface area contributed by atoms with Crippen LogP contribution in [0.15, 0.2) is 4.42 Å². The number of amides is 2. The Balaban J connectivity index is 2.48. The Labute approximate surface area is 108 Å². The van der Waals surface area contributed by atoms with Gasteiger partial charge in [0.15, 0.2) is 5.89 Å². The lowest BCUT2D eigenvalue weighted by Crippen LogP contribution is -2.33. The molecule has 1 rings (SSSR count). The van der Waals surface area contributed by atoms with Gasteiger partial charge < -0.3 is 15.1 Å². The lowest BCUT2D eigenvalue weighted by molar-refractivity contribution is 0.242. The molecule has 0 aliphatic rings. The highest BCUT2D eigenvalue weighted by Crippen LogP contribution is 2.24. The number of hydrogen-bond donors (Lipinski definition) is 2. The van der Waals surface area contributed by atoms with Crippen LogP contribution in [0.3, 0.4) is 0 Å². The van der Waals surface area contributed by atoms with Crippen molar-refractivity contribution >= 4 is 6.03 Å². The second-order valence-corrected chi connectivity index (χ2v) is 5.39. The van der Waals surface area contributed by atoms with Crippen molar-refractivity contribution in [2.45, 2.75) is 46.0 Å². The summed E-state index contributed by atoms with van der Waals surface area (Å²) >= 11 is 0. The van der Waals surface area contributed by atoms with Crippen molar-refractivity contribution in [2.24, 2.45) is 0 Å². The number of urea groups is 1. The monoisotopic (exact) mass is 253 g/mol. The Kier molecular flexibility index (Phi) is 4.76. The predicted molar refractivity (Wildman–Crippen MR) is 70.7 cm³/mol. The molecule has 2 amide bonds. The van der Waals surface area contributed by atoms with E-state index in [2.05, 4.69) is 36.4 Å². The first kappa shape index (κ1) is 14.5. The second-order valence-electron chi connectivity index (χ2n) is 5.39. The standard InChI is InChI=1S/C13H23N3O2/c1-9-10(7-6-8-15-12(17)14-5)18-11(16-9)13(2,3)4/h6-8H2,1-5H3,(H2,14,15,17). The number of nitrogens with zero attached hydrogens (tertiary/aromatic N) is 1. The van der Waals surface area contributed by atoms with E-state index >= 15 is 0 Å². The summed E-state index contributed by atoms with van der Waals surface area (Å²) in [6, 6.07) is -0.153. The Morgan fingerprint density at radius 1 is 1.39 bits per heavy atom. The van der Waals surface area contributed by atoms with Crippen molar-refractivity contribution in [3.8, 4) is 0 Å². The molecule has 2 N–H and O–H groups in total. The highest BCUT2D eigenvalue weighted by Gasteiger charge is 2.21. The van der Waals surface area contributed by atoms with Crippen LogP contribution in [0.4, 0.5) is 4.79 Å². The molecule has 0 saturated heterocycles. The molecule has 0 saturated carbocycles. The number of carbonyl (C=O) groups is 1. The molecule has 0 aromatic carbocycles. The van der Waals surface area contributed by atoms with Gasteiger partial charge in [0.1, 0.15) is 5.76 Å². The fourth-order valence-corrected chi connectivity index (χ4v) is 1.52. The van der Waals surface area contributed by atoms with Crippen molar-refractivity contribution in [1.82, 2.24) is 15.6 Å². The topological polar surface area (TPSA) is 67.2 Å². The Morgan fingerprint density at radius 3 is 2.56 bits per heavy atom. The van der Waals surface area contributed by atoms with E-state index in [1.807, 2.05) is 6.92 Å². The van der Waals surface area contributed by atoms with E-state index in [4.69, 9.17) is 4.42 Å². The summed E-state index contributed by atoms with van der Waals surface area (Å²) in [5.41, 5.74) is 0.878. The van der Waals surface area contributed by atoms with E-state index < -0.39 is 0 Å². The third kappa shape index (κ3) is 4.05. The Hall–Kier alpha value is -1.52. The molecule has 1 heterocycles. The molecule has 5 heteroatoms. The van der Waals surface area contributed by atoms with E-state index in [1.54, 1.807) is 7.05 Å². The first-order valence-electron chi connectivity index (χ1n) is 6.27. The van der Waals surface area contributed by atoms with Crippen LogP contribution in [0.1, 0.15) is 44.5 Å². The highest BCUT2D eigenvalue weighted by atomic mass is 16.4. The minimum atomic E-state index is -0.153. The predicted octanol–water partition coefficient (Wildman–Crippen LogP) is 2.14. The highest BCUT2D eigenvalue weighted by molar-refractivity contribution is 5.73. The molecule has 0 aliphatic carbocycles. The molecule has 1 aromatic rings. The zero-order valence-electron chi connectivity index (χ0n) is 11.9. The van der Waals surface area contributed by atoms with Gasteiger partial charge in [-0.1, -0.05) is 20.8 Å². The summed E-state index contributed by atoms with van der Waals surface area (Å²) in [6.07, 6.45) is 1.63. The summed E-state index contributed by atoms with van der Waals surface area (Å²) in [5, 5.41) is 5.26. The lowest BCUT2D eigenvalue weighted by atomic mass is 9.97. The van der Waals surface area contributed by atoms with Gasteiger partial charge in [-0.3, -0.25) is 0 Å². The number of oxazole rings is 1. The second kappa shape index (κ2) is 5.89. The molecule has 18 heavy (non-hydrogen) atoms. The van der Waals surface area contributed by atoms with Gasteiger partial charge in [-0.2, -0.15) is 0 Å². The molecule has 0 atom stereocenters. The van der Waals surface area contributed by atoms with E-state index in [0.717, 1.165) is 30.2 Å². The third-order valence-corrected chi connectivity index (χ3v) is 2.63. The van der Waals surface area contributed by atoms with Crippen molar-refractivity contribution in [2.75, 3.05) is 13.6 Å². The van der Waals surface area contributed by atoms with E-state index in [1.165, 1.54) is 0 Å². The maximum absolute atomic E-state index is 11.0. The molecule has 0 fully saturated rings. The van der Waals surface area contributed by atoms with Gasteiger partial charge in [-0.15, -0.1) is 0 Å². The van der Waals surface area contributed by atoms with Gasteiger partial charge in [-0.25, -0.2) is 9.78 Å². The number of carbonyl (C=O) groups excluding carboxylic acids is 1. The van der Waals surface area contributed by atoms with Crippen LogP contribution < -0.4 is 10.6 Å². The van der Waals surface area contributed by atoms with Gasteiger partial charge in [0.25, 0.3) is 0 Å². The largest absolute Gasteiger partial charge is 0.445 e. The van der Waals surface area contributed by atoms with Gasteiger partial charge in [-0.05, 0) is 13.3 Å². The number of hydrogen-bond acceptors (Lipinski definition) is 3. The average Bonchev–Trinajstić information content (AvgIpc) is 2.66. The first-order chi connectivity index (χ1) is 8.34. The number of rotatable bonds is 4. The zero-order chi connectivity index (χ0) is 13.8. The van der Waals surface area contributed by atoms with Crippen molar-refractivity contribution < 1.29 is 9.21 Å². The molecule has 1 aromatic heterocycles. The fraction of sp³-hybridized carbons (Fsp3) is 0.692. The maximum atomic E-state index is 11.0. The Morgan fingerprint density at radius 2 is 2.06 bits per heavy atom. The Bertz CT molecular complexity index is 405. The van der Waals surface area contributed by atoms with Crippen molar-refractivity contribution in [1.29, 1.82) is 0 Å². The van der Waals surface area contributed by atoms with Crippen LogP contribution in [-0.2, 0) is 11.8 Å². The summed E-state index contributed by atoms with van der Waals surface area (Å²) in [7, 11) is 1.60. The van der Waals surface area contributed by atoms with E-state index in [-0.39, 0.29) is 11.4 Å². The van der Waals surface area contributed by atoms with Crippen LogP contribution in [-0.4, -0.2) is 24.6 Å². The normalized spacial score (nSPS) is 11.4. The first-order valence-corrected chi connectivity index (χ1v) is 6.27. The SMILES string of the molecule is CNC(=O)NCCCc1oc(C(C)(C)C)nc1C. The summed E-state index contributed by atoms with van der Waals surface area (Å²) in [4.78, 5) is 15.4. The smallest absolute Gasteiger partial charge is 0.314 e. The van der Waals surface area contributed by atoms with Crippen LogP contribution in [0.25, 0.3) is 0 Å². The van der Waals surface area contributed by atoms with Gasteiger partial charge in [0.2, 0.25) is 0 Å². The molecule has 0 unspecified atom stereocenters. The van der Waals surface area contributed by atoms with E-state index in [0.29, 0.717) is 6.54 Å². The molecule has 0 radical (unpaired) electrons. The number of aromatic nitrogens is 1.